The van der Waals surface area contributed by atoms with E-state index in [9.17, 15) is 9.90 Å². The van der Waals surface area contributed by atoms with Crippen molar-refractivity contribution in [2.45, 2.75) is 38.0 Å². The maximum atomic E-state index is 11.5. The van der Waals surface area contributed by atoms with Gasteiger partial charge in [0.15, 0.2) is 0 Å². The Morgan fingerprint density at radius 2 is 2.12 bits per heavy atom. The van der Waals surface area contributed by atoms with Gasteiger partial charge in [-0.1, -0.05) is 37.6 Å². The normalized spacial score (nSPS) is 34.3. The second-order valence-corrected chi connectivity index (χ2v) is 5.07. The van der Waals surface area contributed by atoms with Gasteiger partial charge < -0.3 is 5.11 Å². The molecule has 2 aliphatic rings. The first-order valence-corrected chi connectivity index (χ1v) is 6.04. The lowest BCUT2D eigenvalue weighted by atomic mass is 9.83. The first-order valence-electron chi connectivity index (χ1n) is 6.04. The maximum Gasteiger partial charge on any atom is 0.310 e. The number of hydrogen-bond acceptors (Lipinski definition) is 1. The molecule has 0 aliphatic heterocycles. The quantitative estimate of drug-likeness (QED) is 0.842. The van der Waals surface area contributed by atoms with Crippen LogP contribution in [0.4, 0.5) is 0 Å². The van der Waals surface area contributed by atoms with E-state index in [2.05, 4.69) is 19.1 Å². The topological polar surface area (TPSA) is 37.3 Å². The molecule has 2 aliphatic carbocycles. The molecule has 2 nitrogen and oxygen atoms in total. The van der Waals surface area contributed by atoms with Gasteiger partial charge in [0.2, 0.25) is 0 Å². The molecule has 0 spiro atoms. The standard InChI is InChI=1S/C14H16O2/c1-2-5-11-9-6-3-4-7-10(9)12-8-14(11,12)13(15)16/h3-4,6-7,11-12H,2,5,8H2,1H3,(H,15,16)/t11-,12+,14+/m0/s1. The fraction of sp³-hybridized carbons (Fsp3) is 0.500. The number of carboxylic acids is 1. The van der Waals surface area contributed by atoms with Gasteiger partial charge in [0.1, 0.15) is 0 Å². The molecule has 84 valence electrons. The number of carboxylic acid groups (broad SMARTS) is 1. The van der Waals surface area contributed by atoms with Crippen molar-refractivity contribution in [3.63, 3.8) is 0 Å². The number of aliphatic carboxylic acids is 1. The smallest absolute Gasteiger partial charge is 0.310 e. The van der Waals surface area contributed by atoms with Gasteiger partial charge in [0, 0.05) is 11.8 Å². The number of rotatable bonds is 3. The van der Waals surface area contributed by atoms with Crippen molar-refractivity contribution in [1.29, 1.82) is 0 Å². The fourth-order valence-electron chi connectivity index (χ4n) is 3.56. The Labute approximate surface area is 95.3 Å². The molecule has 16 heavy (non-hydrogen) atoms. The SMILES string of the molecule is CCC[C@H]1c2ccccc2[C@H]2C[C@]21C(=O)O. The Kier molecular flexibility index (Phi) is 1.91. The molecule has 3 atom stereocenters. The summed E-state index contributed by atoms with van der Waals surface area (Å²) >= 11 is 0. The van der Waals surface area contributed by atoms with Crippen molar-refractivity contribution < 1.29 is 9.90 Å². The third kappa shape index (κ3) is 0.998. The zero-order valence-electron chi connectivity index (χ0n) is 9.44. The molecule has 1 saturated carbocycles. The lowest BCUT2D eigenvalue weighted by Gasteiger charge is -2.20. The van der Waals surface area contributed by atoms with Crippen LogP contribution in [0, 0.1) is 5.41 Å². The van der Waals surface area contributed by atoms with Gasteiger partial charge in [-0.2, -0.15) is 0 Å². The van der Waals surface area contributed by atoms with Crippen molar-refractivity contribution in [3.05, 3.63) is 35.4 Å². The molecule has 0 amide bonds. The third-order valence-electron chi connectivity index (χ3n) is 4.35. The summed E-state index contributed by atoms with van der Waals surface area (Å²) in [5.41, 5.74) is 2.14. The zero-order chi connectivity index (χ0) is 11.3. The van der Waals surface area contributed by atoms with E-state index < -0.39 is 11.4 Å². The molecular formula is C14H16O2. The largest absolute Gasteiger partial charge is 0.481 e. The van der Waals surface area contributed by atoms with E-state index in [4.69, 9.17) is 0 Å². The van der Waals surface area contributed by atoms with E-state index >= 15 is 0 Å². The second kappa shape index (κ2) is 3.09. The van der Waals surface area contributed by atoms with Crippen molar-refractivity contribution in [2.24, 2.45) is 5.41 Å². The minimum atomic E-state index is -0.591. The van der Waals surface area contributed by atoms with Gasteiger partial charge in [-0.15, -0.1) is 0 Å². The van der Waals surface area contributed by atoms with E-state index in [0.717, 1.165) is 19.3 Å². The van der Waals surface area contributed by atoms with E-state index in [1.807, 2.05) is 12.1 Å². The van der Waals surface area contributed by atoms with Crippen molar-refractivity contribution in [2.75, 3.05) is 0 Å². The van der Waals surface area contributed by atoms with Crippen LogP contribution in [-0.2, 0) is 4.79 Å². The van der Waals surface area contributed by atoms with Crippen molar-refractivity contribution in [1.82, 2.24) is 0 Å². The molecule has 1 aromatic rings. The molecule has 1 fully saturated rings. The Morgan fingerprint density at radius 1 is 1.44 bits per heavy atom. The van der Waals surface area contributed by atoms with Crippen LogP contribution in [0.2, 0.25) is 0 Å². The highest BCUT2D eigenvalue weighted by Gasteiger charge is 2.69. The summed E-state index contributed by atoms with van der Waals surface area (Å²) in [4.78, 5) is 11.5. The van der Waals surface area contributed by atoms with Gasteiger partial charge in [-0.3, -0.25) is 4.79 Å². The number of hydrogen-bond donors (Lipinski definition) is 1. The Bertz CT molecular complexity index is 452. The molecular weight excluding hydrogens is 200 g/mol. The predicted molar refractivity (Wildman–Crippen MR) is 61.5 cm³/mol. The highest BCUT2D eigenvalue weighted by molar-refractivity contribution is 5.84. The van der Waals surface area contributed by atoms with Crippen LogP contribution in [0.1, 0.15) is 49.1 Å². The molecule has 0 bridgehead atoms. The summed E-state index contributed by atoms with van der Waals surface area (Å²) in [6.45, 7) is 2.13. The average Bonchev–Trinajstić information content (AvgIpc) is 2.97. The second-order valence-electron chi connectivity index (χ2n) is 5.07. The number of carbonyl (C=O) groups is 1. The van der Waals surface area contributed by atoms with Crippen molar-refractivity contribution >= 4 is 5.97 Å². The number of benzene rings is 1. The fourth-order valence-corrected chi connectivity index (χ4v) is 3.56. The Balaban J connectivity index is 2.08. The minimum absolute atomic E-state index is 0.246. The van der Waals surface area contributed by atoms with E-state index in [1.165, 1.54) is 11.1 Å². The summed E-state index contributed by atoms with van der Waals surface area (Å²) in [5, 5.41) is 9.48. The van der Waals surface area contributed by atoms with Crippen LogP contribution in [-0.4, -0.2) is 11.1 Å². The van der Waals surface area contributed by atoms with Crippen molar-refractivity contribution in [3.8, 4) is 0 Å². The molecule has 0 aromatic heterocycles. The summed E-state index contributed by atoms with van der Waals surface area (Å²) in [6.07, 6.45) is 2.91. The first-order chi connectivity index (χ1) is 7.71. The van der Waals surface area contributed by atoms with Gasteiger partial charge in [0.05, 0.1) is 5.41 Å². The predicted octanol–water partition coefficient (Wildman–Crippen LogP) is 3.14. The molecule has 0 radical (unpaired) electrons. The Hall–Kier alpha value is -1.31. The summed E-state index contributed by atoms with van der Waals surface area (Å²) in [5.74, 6) is -0.0545. The molecule has 2 heteroatoms. The lowest BCUT2D eigenvalue weighted by molar-refractivity contribution is -0.144. The molecule has 1 N–H and O–H groups in total. The van der Waals surface area contributed by atoms with Crippen LogP contribution in [0.25, 0.3) is 0 Å². The molecule has 0 heterocycles. The third-order valence-corrected chi connectivity index (χ3v) is 4.35. The molecule has 3 rings (SSSR count). The highest BCUT2D eigenvalue weighted by Crippen LogP contribution is 2.73. The highest BCUT2D eigenvalue weighted by atomic mass is 16.4. The first kappa shape index (κ1) is 9.88. The summed E-state index contributed by atoms with van der Waals surface area (Å²) in [7, 11) is 0. The Morgan fingerprint density at radius 3 is 2.75 bits per heavy atom. The van der Waals surface area contributed by atoms with Crippen LogP contribution < -0.4 is 0 Å². The zero-order valence-corrected chi connectivity index (χ0v) is 9.44. The lowest BCUT2D eigenvalue weighted by Crippen LogP contribution is -2.22. The van der Waals surface area contributed by atoms with E-state index in [0.29, 0.717) is 0 Å². The van der Waals surface area contributed by atoms with Crippen LogP contribution in [0.3, 0.4) is 0 Å². The van der Waals surface area contributed by atoms with Gasteiger partial charge >= 0.3 is 5.97 Å². The van der Waals surface area contributed by atoms with Crippen LogP contribution in [0.15, 0.2) is 24.3 Å². The monoisotopic (exact) mass is 216 g/mol. The minimum Gasteiger partial charge on any atom is -0.481 e. The molecule has 0 saturated heterocycles. The van der Waals surface area contributed by atoms with E-state index in [-0.39, 0.29) is 11.8 Å². The van der Waals surface area contributed by atoms with Gasteiger partial charge in [-0.05, 0) is 24.0 Å². The summed E-state index contributed by atoms with van der Waals surface area (Å²) < 4.78 is 0. The van der Waals surface area contributed by atoms with E-state index in [1.54, 1.807) is 0 Å². The molecule has 0 unspecified atom stereocenters. The van der Waals surface area contributed by atoms with Crippen LogP contribution in [0.5, 0.6) is 0 Å². The van der Waals surface area contributed by atoms with Gasteiger partial charge in [-0.25, -0.2) is 0 Å². The maximum absolute atomic E-state index is 11.5. The molecule has 1 aromatic carbocycles. The van der Waals surface area contributed by atoms with Crippen LogP contribution >= 0.6 is 0 Å². The number of fused-ring (bicyclic) bond motifs is 3. The summed E-state index contributed by atoms with van der Waals surface area (Å²) in [6, 6.07) is 8.28. The van der Waals surface area contributed by atoms with Gasteiger partial charge in [0.25, 0.3) is 0 Å². The average molecular weight is 216 g/mol.